The highest BCUT2D eigenvalue weighted by molar-refractivity contribution is 5.55. The summed E-state index contributed by atoms with van der Waals surface area (Å²) < 4.78 is 36.2. The summed E-state index contributed by atoms with van der Waals surface area (Å²) in [7, 11) is 1.95. The number of ether oxygens (including phenoxy) is 6. The van der Waals surface area contributed by atoms with Crippen LogP contribution < -0.4 is 29.6 Å². The van der Waals surface area contributed by atoms with Crippen molar-refractivity contribution in [3.05, 3.63) is 46.5 Å². The van der Waals surface area contributed by atoms with E-state index in [4.69, 9.17) is 28.4 Å². The first-order chi connectivity index (χ1) is 16.6. The van der Waals surface area contributed by atoms with Gasteiger partial charge in [-0.05, 0) is 57.0 Å². The number of hydrogen-bond donors (Lipinski definition) is 2. The molecular formula is C26H32N2O6. The van der Waals surface area contributed by atoms with Crippen molar-refractivity contribution in [1.82, 2.24) is 10.6 Å². The molecule has 0 saturated carbocycles. The minimum Gasteiger partial charge on any atom is -0.454 e. The highest BCUT2D eigenvalue weighted by Gasteiger charge is 2.37. The zero-order chi connectivity index (χ0) is 23.2. The fourth-order valence-electron chi connectivity index (χ4n) is 5.40. The van der Waals surface area contributed by atoms with E-state index in [2.05, 4.69) is 36.6 Å². The molecule has 0 saturated heterocycles. The standard InChI is InChI=1S/C26H32N2O6/c1-14(27-3)23-22-17(9-10-29-23)5-7-19-26(22)34-20(33-19)12-28-15(2)24-21-16(8-11-30-24)4-6-18-25(21)32-13-31-18/h4-7,14-15,20,23-24,27-28H,8-13H2,1-3H3/t14-,15-,20?,23+,24-/m0/s1. The number of benzene rings is 2. The molecule has 182 valence electrons. The maximum Gasteiger partial charge on any atom is 0.253 e. The van der Waals surface area contributed by atoms with Gasteiger partial charge in [0, 0.05) is 23.2 Å². The van der Waals surface area contributed by atoms with Gasteiger partial charge >= 0.3 is 0 Å². The summed E-state index contributed by atoms with van der Waals surface area (Å²) in [5, 5.41) is 6.88. The van der Waals surface area contributed by atoms with Crippen molar-refractivity contribution < 1.29 is 28.4 Å². The molecule has 0 bridgehead atoms. The average Bonchev–Trinajstić information content (AvgIpc) is 3.53. The monoisotopic (exact) mass is 468 g/mol. The first-order valence-corrected chi connectivity index (χ1v) is 12.2. The highest BCUT2D eigenvalue weighted by atomic mass is 16.7. The third-order valence-corrected chi connectivity index (χ3v) is 7.30. The van der Waals surface area contributed by atoms with E-state index >= 15 is 0 Å². The Labute approximate surface area is 199 Å². The molecule has 4 aliphatic heterocycles. The Morgan fingerprint density at radius 1 is 0.824 bits per heavy atom. The first kappa shape index (κ1) is 22.0. The molecule has 34 heavy (non-hydrogen) atoms. The lowest BCUT2D eigenvalue weighted by Gasteiger charge is -2.32. The van der Waals surface area contributed by atoms with Gasteiger partial charge in [0.25, 0.3) is 6.29 Å². The van der Waals surface area contributed by atoms with E-state index in [1.807, 2.05) is 19.2 Å². The minimum atomic E-state index is -0.416. The minimum absolute atomic E-state index is 0.0278. The molecule has 2 N–H and O–H groups in total. The highest BCUT2D eigenvalue weighted by Crippen LogP contribution is 2.47. The summed E-state index contributed by atoms with van der Waals surface area (Å²) >= 11 is 0. The number of fused-ring (bicyclic) bond motifs is 6. The molecule has 0 radical (unpaired) electrons. The molecule has 0 spiro atoms. The van der Waals surface area contributed by atoms with Crippen molar-refractivity contribution in [2.24, 2.45) is 0 Å². The number of hydrogen-bond acceptors (Lipinski definition) is 8. The Morgan fingerprint density at radius 3 is 2.24 bits per heavy atom. The number of nitrogens with one attached hydrogen (secondary N) is 2. The van der Waals surface area contributed by atoms with Crippen LogP contribution in [0.2, 0.25) is 0 Å². The van der Waals surface area contributed by atoms with Crippen LogP contribution >= 0.6 is 0 Å². The van der Waals surface area contributed by atoms with Gasteiger partial charge in [0.2, 0.25) is 6.79 Å². The van der Waals surface area contributed by atoms with Crippen LogP contribution in [0.3, 0.4) is 0 Å². The van der Waals surface area contributed by atoms with Gasteiger partial charge in [0.1, 0.15) is 12.2 Å². The third-order valence-electron chi connectivity index (χ3n) is 7.30. The second-order valence-electron chi connectivity index (χ2n) is 9.36. The molecule has 8 heteroatoms. The van der Waals surface area contributed by atoms with Gasteiger partial charge in [-0.25, -0.2) is 0 Å². The van der Waals surface area contributed by atoms with E-state index in [0.717, 1.165) is 47.0 Å². The van der Waals surface area contributed by atoms with Gasteiger partial charge in [-0.3, -0.25) is 0 Å². The smallest absolute Gasteiger partial charge is 0.253 e. The molecular weight excluding hydrogens is 436 g/mol. The fourth-order valence-corrected chi connectivity index (χ4v) is 5.40. The first-order valence-electron chi connectivity index (χ1n) is 12.2. The normalized spacial score (nSPS) is 26.0. The Kier molecular flexibility index (Phi) is 5.77. The molecule has 0 amide bonds. The second kappa shape index (κ2) is 8.92. The molecule has 0 aliphatic carbocycles. The van der Waals surface area contributed by atoms with Crippen molar-refractivity contribution in [3.63, 3.8) is 0 Å². The molecule has 0 fully saturated rings. The Morgan fingerprint density at radius 2 is 1.50 bits per heavy atom. The molecule has 0 aromatic heterocycles. The lowest BCUT2D eigenvalue weighted by atomic mass is 9.92. The van der Waals surface area contributed by atoms with Crippen molar-refractivity contribution in [2.45, 2.75) is 57.3 Å². The summed E-state index contributed by atoms with van der Waals surface area (Å²) in [6.45, 7) is 6.43. The zero-order valence-electron chi connectivity index (χ0n) is 19.9. The topological polar surface area (TPSA) is 79.4 Å². The van der Waals surface area contributed by atoms with Gasteiger partial charge in [-0.1, -0.05) is 12.1 Å². The largest absolute Gasteiger partial charge is 0.454 e. The summed E-state index contributed by atoms with van der Waals surface area (Å²) in [6.07, 6.45) is 1.15. The SMILES string of the molecule is CN[C@@H](C)[C@H]1OCCc2ccc3c(c21)OC(CN[C@@H](C)[C@@H]1OCCc2ccc4c(c21)OCO4)O3. The molecule has 4 aliphatic rings. The predicted octanol–water partition coefficient (Wildman–Crippen LogP) is 3.03. The fraction of sp³-hybridized carbons (Fsp3) is 0.538. The zero-order valence-corrected chi connectivity index (χ0v) is 19.9. The van der Waals surface area contributed by atoms with E-state index < -0.39 is 6.29 Å². The molecule has 6 rings (SSSR count). The van der Waals surface area contributed by atoms with E-state index in [1.165, 1.54) is 11.1 Å². The lowest BCUT2D eigenvalue weighted by Crippen LogP contribution is -2.42. The second-order valence-corrected chi connectivity index (χ2v) is 9.36. The van der Waals surface area contributed by atoms with E-state index in [-0.39, 0.29) is 31.1 Å². The van der Waals surface area contributed by atoms with Crippen LogP contribution in [0.15, 0.2) is 24.3 Å². The molecule has 2 aromatic carbocycles. The van der Waals surface area contributed by atoms with Gasteiger partial charge < -0.3 is 39.1 Å². The van der Waals surface area contributed by atoms with Crippen LogP contribution in [0.5, 0.6) is 23.0 Å². The van der Waals surface area contributed by atoms with Crippen molar-refractivity contribution in [1.29, 1.82) is 0 Å². The van der Waals surface area contributed by atoms with Crippen LogP contribution in [0.4, 0.5) is 0 Å². The van der Waals surface area contributed by atoms with Crippen molar-refractivity contribution >= 4 is 0 Å². The summed E-state index contributed by atoms with van der Waals surface area (Å²) in [5.41, 5.74) is 4.73. The molecule has 5 atom stereocenters. The molecule has 1 unspecified atom stereocenters. The van der Waals surface area contributed by atoms with E-state index in [9.17, 15) is 0 Å². The Hall–Kier alpha value is -2.52. The quantitative estimate of drug-likeness (QED) is 0.670. The van der Waals surface area contributed by atoms with E-state index in [0.29, 0.717) is 19.8 Å². The van der Waals surface area contributed by atoms with Gasteiger partial charge in [0.05, 0.1) is 19.8 Å². The predicted molar refractivity (Wildman–Crippen MR) is 125 cm³/mol. The summed E-state index contributed by atoms with van der Waals surface area (Å²) in [4.78, 5) is 0. The van der Waals surface area contributed by atoms with Crippen LogP contribution in [-0.4, -0.2) is 52.0 Å². The molecule has 4 heterocycles. The maximum absolute atomic E-state index is 6.33. The maximum atomic E-state index is 6.33. The Balaban J connectivity index is 1.17. The number of rotatable bonds is 6. The van der Waals surface area contributed by atoms with Crippen molar-refractivity contribution in [2.75, 3.05) is 33.6 Å². The average molecular weight is 469 g/mol. The van der Waals surface area contributed by atoms with Crippen molar-refractivity contribution in [3.8, 4) is 23.0 Å². The molecule has 2 aromatic rings. The van der Waals surface area contributed by atoms with Crippen LogP contribution in [0.1, 0.15) is 48.3 Å². The van der Waals surface area contributed by atoms with Crippen LogP contribution in [0, 0.1) is 0 Å². The van der Waals surface area contributed by atoms with E-state index in [1.54, 1.807) is 0 Å². The molecule has 8 nitrogen and oxygen atoms in total. The van der Waals surface area contributed by atoms with Gasteiger partial charge in [-0.2, -0.15) is 0 Å². The number of likely N-dealkylation sites (N-methyl/N-ethyl adjacent to an activating group) is 1. The lowest BCUT2D eigenvalue weighted by molar-refractivity contribution is 0.00175. The third kappa shape index (κ3) is 3.69. The van der Waals surface area contributed by atoms with Gasteiger partial charge in [-0.15, -0.1) is 0 Å². The van der Waals surface area contributed by atoms with Gasteiger partial charge in [0.15, 0.2) is 23.0 Å². The van der Waals surface area contributed by atoms with Crippen LogP contribution in [0.25, 0.3) is 0 Å². The summed E-state index contributed by atoms with van der Waals surface area (Å²) in [6, 6.07) is 8.47. The van der Waals surface area contributed by atoms with Crippen LogP contribution in [-0.2, 0) is 22.3 Å². The summed E-state index contributed by atoms with van der Waals surface area (Å²) in [5.74, 6) is 3.19. The Bertz CT molecular complexity index is 1080.